The van der Waals surface area contributed by atoms with Crippen molar-refractivity contribution < 1.29 is 9.53 Å². The van der Waals surface area contributed by atoms with Crippen molar-refractivity contribution in [2.24, 2.45) is 13.0 Å². The topological polar surface area (TPSA) is 50.6 Å². The molecule has 0 bridgehead atoms. The Labute approximate surface area is 138 Å². The summed E-state index contributed by atoms with van der Waals surface area (Å²) in [5.74, 6) is 0.303. The molecule has 0 N–H and O–H groups in total. The van der Waals surface area contributed by atoms with Crippen LogP contribution in [0.1, 0.15) is 32.3 Å². The summed E-state index contributed by atoms with van der Waals surface area (Å²) in [6, 6.07) is 0. The lowest BCUT2D eigenvalue weighted by atomic mass is 9.90. The molecule has 2 saturated heterocycles. The lowest BCUT2D eigenvalue weighted by Gasteiger charge is -2.48. The van der Waals surface area contributed by atoms with Crippen LogP contribution in [0.5, 0.6) is 0 Å². The number of carbonyl (C=O) groups is 1. The number of nitrogens with zero attached hydrogens (tertiary/aromatic N) is 4. The Balaban J connectivity index is 1.65. The Bertz CT molecular complexity index is 553. The monoisotopic (exact) mass is 320 g/mol. The van der Waals surface area contributed by atoms with Crippen molar-refractivity contribution in [2.75, 3.05) is 32.8 Å². The molecule has 0 saturated carbocycles. The van der Waals surface area contributed by atoms with Gasteiger partial charge in [0.2, 0.25) is 5.91 Å². The zero-order valence-electron chi connectivity index (χ0n) is 14.5. The minimum atomic E-state index is -0.191. The molecule has 3 rings (SSSR count). The standard InChI is InChI=1S/C17H28N4O2/c1-14(2)16(22)21-6-4-5-17(13-21)12-20(7-8-23-17)11-15-9-18-19(3)10-15/h9-10,14H,4-8,11-13H2,1-3H3. The van der Waals surface area contributed by atoms with Gasteiger partial charge in [0.05, 0.1) is 24.9 Å². The molecule has 0 aliphatic carbocycles. The molecule has 0 radical (unpaired) electrons. The highest BCUT2D eigenvalue weighted by molar-refractivity contribution is 5.78. The smallest absolute Gasteiger partial charge is 0.225 e. The number of rotatable bonds is 3. The van der Waals surface area contributed by atoms with Gasteiger partial charge < -0.3 is 9.64 Å². The maximum Gasteiger partial charge on any atom is 0.225 e. The van der Waals surface area contributed by atoms with Crippen LogP contribution in [-0.2, 0) is 23.1 Å². The average molecular weight is 320 g/mol. The van der Waals surface area contributed by atoms with Crippen molar-refractivity contribution >= 4 is 5.91 Å². The maximum atomic E-state index is 12.3. The van der Waals surface area contributed by atoms with E-state index in [0.29, 0.717) is 0 Å². The first kappa shape index (κ1) is 16.5. The highest BCUT2D eigenvalue weighted by Crippen LogP contribution is 2.30. The van der Waals surface area contributed by atoms with E-state index >= 15 is 0 Å². The molecule has 1 unspecified atom stereocenters. The fourth-order valence-corrected chi connectivity index (χ4v) is 3.77. The van der Waals surface area contributed by atoms with Gasteiger partial charge in [-0.05, 0) is 12.8 Å². The highest BCUT2D eigenvalue weighted by atomic mass is 16.5. The summed E-state index contributed by atoms with van der Waals surface area (Å²) in [5.41, 5.74) is 1.04. The van der Waals surface area contributed by atoms with E-state index in [2.05, 4.69) is 16.2 Å². The van der Waals surface area contributed by atoms with E-state index in [1.807, 2.05) is 36.7 Å². The lowest BCUT2D eigenvalue weighted by molar-refractivity contribution is -0.160. The summed E-state index contributed by atoms with van der Waals surface area (Å²) in [6.45, 7) is 9.01. The third-order valence-electron chi connectivity index (χ3n) is 4.84. The van der Waals surface area contributed by atoms with Crippen molar-refractivity contribution in [2.45, 2.75) is 38.8 Å². The quantitative estimate of drug-likeness (QED) is 0.841. The zero-order valence-corrected chi connectivity index (χ0v) is 14.5. The fourth-order valence-electron chi connectivity index (χ4n) is 3.77. The Morgan fingerprint density at radius 2 is 2.22 bits per heavy atom. The summed E-state index contributed by atoms with van der Waals surface area (Å²) in [6.07, 6.45) is 6.06. The van der Waals surface area contributed by atoms with Gasteiger partial charge in [-0.2, -0.15) is 5.10 Å². The van der Waals surface area contributed by atoms with Gasteiger partial charge in [-0.25, -0.2) is 0 Å². The zero-order chi connectivity index (χ0) is 16.4. The van der Waals surface area contributed by atoms with E-state index in [9.17, 15) is 4.79 Å². The molecule has 2 fully saturated rings. The summed E-state index contributed by atoms with van der Waals surface area (Å²) in [4.78, 5) is 16.8. The molecular formula is C17H28N4O2. The second-order valence-corrected chi connectivity index (χ2v) is 7.28. The molecule has 2 aliphatic heterocycles. The Hall–Kier alpha value is -1.40. The van der Waals surface area contributed by atoms with Gasteiger partial charge in [0.15, 0.2) is 0 Å². The molecule has 1 spiro atoms. The molecule has 3 heterocycles. The first-order valence-electron chi connectivity index (χ1n) is 8.60. The van der Waals surface area contributed by atoms with Gasteiger partial charge in [0.25, 0.3) is 0 Å². The minimum Gasteiger partial charge on any atom is -0.370 e. The summed E-state index contributed by atoms with van der Waals surface area (Å²) < 4.78 is 8.03. The fraction of sp³-hybridized carbons (Fsp3) is 0.765. The second-order valence-electron chi connectivity index (χ2n) is 7.28. The normalized spacial score (nSPS) is 26.2. The first-order valence-corrected chi connectivity index (χ1v) is 8.60. The largest absolute Gasteiger partial charge is 0.370 e. The van der Waals surface area contributed by atoms with Gasteiger partial charge in [-0.1, -0.05) is 13.8 Å². The van der Waals surface area contributed by atoms with Crippen LogP contribution in [0.4, 0.5) is 0 Å². The van der Waals surface area contributed by atoms with E-state index in [1.165, 1.54) is 5.56 Å². The number of morpholine rings is 1. The number of amides is 1. The summed E-state index contributed by atoms with van der Waals surface area (Å²) in [7, 11) is 1.95. The molecular weight excluding hydrogens is 292 g/mol. The molecule has 0 aromatic carbocycles. The molecule has 1 atom stereocenters. The number of hydrogen-bond donors (Lipinski definition) is 0. The minimum absolute atomic E-state index is 0.0558. The Morgan fingerprint density at radius 1 is 1.39 bits per heavy atom. The lowest BCUT2D eigenvalue weighted by Crippen LogP contribution is -2.60. The van der Waals surface area contributed by atoms with E-state index < -0.39 is 0 Å². The number of piperidine rings is 1. The Kier molecular flexibility index (Phi) is 4.73. The predicted molar refractivity (Wildman–Crippen MR) is 87.8 cm³/mol. The number of likely N-dealkylation sites (tertiary alicyclic amines) is 1. The number of carbonyl (C=O) groups excluding carboxylic acids is 1. The van der Waals surface area contributed by atoms with Gasteiger partial charge >= 0.3 is 0 Å². The van der Waals surface area contributed by atoms with Crippen molar-refractivity contribution in [1.29, 1.82) is 0 Å². The molecule has 128 valence electrons. The number of aromatic nitrogens is 2. The third-order valence-corrected chi connectivity index (χ3v) is 4.84. The molecule has 1 aromatic rings. The number of aryl methyl sites for hydroxylation is 1. The third kappa shape index (κ3) is 3.75. The van der Waals surface area contributed by atoms with Gasteiger partial charge in [-0.15, -0.1) is 0 Å². The molecule has 2 aliphatic rings. The SMILES string of the molecule is CC(C)C(=O)N1CCCC2(CN(Cc3cnn(C)c3)CCO2)C1. The number of ether oxygens (including phenoxy) is 1. The van der Waals surface area contributed by atoms with Gasteiger partial charge in [0, 0.05) is 50.9 Å². The van der Waals surface area contributed by atoms with Gasteiger partial charge in [0.1, 0.15) is 0 Å². The predicted octanol–water partition coefficient (Wildman–Crippen LogP) is 1.27. The van der Waals surface area contributed by atoms with Crippen molar-refractivity contribution in [3.63, 3.8) is 0 Å². The van der Waals surface area contributed by atoms with Crippen LogP contribution in [0.3, 0.4) is 0 Å². The Morgan fingerprint density at radius 3 is 2.91 bits per heavy atom. The molecule has 6 heteroatoms. The van der Waals surface area contributed by atoms with E-state index in [0.717, 1.165) is 52.2 Å². The van der Waals surface area contributed by atoms with Gasteiger partial charge in [-0.3, -0.25) is 14.4 Å². The molecule has 1 aromatic heterocycles. The van der Waals surface area contributed by atoms with Crippen molar-refractivity contribution in [1.82, 2.24) is 19.6 Å². The molecule has 1 amide bonds. The van der Waals surface area contributed by atoms with Crippen molar-refractivity contribution in [3.8, 4) is 0 Å². The summed E-state index contributed by atoms with van der Waals surface area (Å²) >= 11 is 0. The molecule has 23 heavy (non-hydrogen) atoms. The van der Waals surface area contributed by atoms with Crippen LogP contribution in [0.25, 0.3) is 0 Å². The van der Waals surface area contributed by atoms with Crippen LogP contribution < -0.4 is 0 Å². The first-order chi connectivity index (χ1) is 11.0. The van der Waals surface area contributed by atoms with Crippen LogP contribution >= 0.6 is 0 Å². The highest BCUT2D eigenvalue weighted by Gasteiger charge is 2.41. The van der Waals surface area contributed by atoms with E-state index in [-0.39, 0.29) is 17.4 Å². The van der Waals surface area contributed by atoms with E-state index in [4.69, 9.17) is 4.74 Å². The van der Waals surface area contributed by atoms with Crippen LogP contribution in [0.15, 0.2) is 12.4 Å². The maximum absolute atomic E-state index is 12.3. The second kappa shape index (κ2) is 6.61. The average Bonchev–Trinajstić information content (AvgIpc) is 2.91. The van der Waals surface area contributed by atoms with Crippen LogP contribution in [-0.4, -0.2) is 63.9 Å². The molecule has 6 nitrogen and oxygen atoms in total. The van der Waals surface area contributed by atoms with E-state index in [1.54, 1.807) is 0 Å². The number of hydrogen-bond acceptors (Lipinski definition) is 4. The van der Waals surface area contributed by atoms with Crippen LogP contribution in [0.2, 0.25) is 0 Å². The van der Waals surface area contributed by atoms with Crippen LogP contribution in [0, 0.1) is 5.92 Å². The van der Waals surface area contributed by atoms with Crippen molar-refractivity contribution in [3.05, 3.63) is 18.0 Å². The summed E-state index contributed by atoms with van der Waals surface area (Å²) in [5, 5.41) is 4.25.